The van der Waals surface area contributed by atoms with Gasteiger partial charge in [-0.15, -0.1) is 0 Å². The minimum Gasteiger partial charge on any atom is -0.447 e. The summed E-state index contributed by atoms with van der Waals surface area (Å²) in [4.78, 5) is 30.7. The molecular weight excluding hydrogens is 449 g/mol. The molecule has 34 heavy (non-hydrogen) atoms. The van der Waals surface area contributed by atoms with E-state index in [1.165, 1.54) is 23.4 Å². The van der Waals surface area contributed by atoms with Crippen LogP contribution in [0.15, 0.2) is 48.9 Å². The van der Waals surface area contributed by atoms with Crippen molar-refractivity contribution in [1.29, 1.82) is 0 Å². The Kier molecular flexibility index (Phi) is 6.36. The lowest BCUT2D eigenvalue weighted by Gasteiger charge is -2.22. The number of cyclic esters (lactones) is 1. The quantitative estimate of drug-likeness (QED) is 0.533. The van der Waals surface area contributed by atoms with E-state index >= 15 is 0 Å². The standard InChI is InChI=1S/C23H23F3N6O2/c1-13(2)19-11-34-22(33)32(19)21-29-12-28-20(31-21)30-14(3)18-9-6-16(10-27-18)15-4-7-17(8-5-15)23(24,25)26/h4-10,12-14,19H,11H2,1-3H3,(H,28,29,30,31)/t14?,19-/m1/s1. The van der Waals surface area contributed by atoms with Crippen molar-refractivity contribution in [3.05, 3.63) is 60.2 Å². The van der Waals surface area contributed by atoms with Crippen LogP contribution in [0.3, 0.4) is 0 Å². The van der Waals surface area contributed by atoms with Gasteiger partial charge in [0.2, 0.25) is 11.9 Å². The number of nitrogens with one attached hydrogen (secondary N) is 1. The predicted molar refractivity (Wildman–Crippen MR) is 119 cm³/mol. The smallest absolute Gasteiger partial charge is 0.417 e. The predicted octanol–water partition coefficient (Wildman–Crippen LogP) is 5.11. The van der Waals surface area contributed by atoms with Gasteiger partial charge in [0.1, 0.15) is 12.9 Å². The molecule has 1 aliphatic rings. The average molecular weight is 472 g/mol. The second kappa shape index (κ2) is 9.24. The maximum atomic E-state index is 12.8. The highest BCUT2D eigenvalue weighted by molar-refractivity contribution is 5.88. The third-order valence-electron chi connectivity index (χ3n) is 5.57. The number of hydrogen-bond acceptors (Lipinski definition) is 7. The molecule has 4 rings (SSSR count). The number of carbonyl (C=O) groups excluding carboxylic acids is 1. The summed E-state index contributed by atoms with van der Waals surface area (Å²) in [5.41, 5.74) is 1.31. The molecule has 0 saturated carbocycles. The van der Waals surface area contributed by atoms with E-state index in [2.05, 4.69) is 25.3 Å². The number of carbonyl (C=O) groups is 1. The van der Waals surface area contributed by atoms with E-state index in [-0.39, 0.29) is 36.5 Å². The lowest BCUT2D eigenvalue weighted by molar-refractivity contribution is -0.137. The molecular formula is C23H23F3N6O2. The average Bonchev–Trinajstić information content (AvgIpc) is 3.20. The number of aromatic nitrogens is 4. The first-order valence-electron chi connectivity index (χ1n) is 10.7. The summed E-state index contributed by atoms with van der Waals surface area (Å²) < 4.78 is 43.5. The second-order valence-corrected chi connectivity index (χ2v) is 8.28. The molecule has 2 aromatic heterocycles. The van der Waals surface area contributed by atoms with E-state index in [1.54, 1.807) is 18.3 Å². The number of ether oxygens (including phenoxy) is 1. The van der Waals surface area contributed by atoms with E-state index in [9.17, 15) is 18.0 Å². The van der Waals surface area contributed by atoms with Crippen molar-refractivity contribution in [3.8, 4) is 11.1 Å². The lowest BCUT2D eigenvalue weighted by atomic mass is 10.0. The molecule has 0 bridgehead atoms. The van der Waals surface area contributed by atoms with Crippen LogP contribution in [-0.4, -0.2) is 38.7 Å². The monoisotopic (exact) mass is 472 g/mol. The number of rotatable bonds is 6. The van der Waals surface area contributed by atoms with E-state index in [0.717, 1.165) is 12.1 Å². The van der Waals surface area contributed by atoms with Gasteiger partial charge < -0.3 is 10.1 Å². The van der Waals surface area contributed by atoms with Crippen molar-refractivity contribution in [2.75, 3.05) is 16.8 Å². The fraction of sp³-hybridized carbons (Fsp3) is 0.348. The Bertz CT molecular complexity index is 1150. The molecule has 8 nitrogen and oxygen atoms in total. The number of amides is 1. The highest BCUT2D eigenvalue weighted by atomic mass is 19.4. The van der Waals surface area contributed by atoms with E-state index < -0.39 is 17.8 Å². The van der Waals surface area contributed by atoms with Gasteiger partial charge in [0, 0.05) is 11.8 Å². The maximum absolute atomic E-state index is 12.8. The van der Waals surface area contributed by atoms with Gasteiger partial charge in [-0.2, -0.15) is 18.2 Å². The van der Waals surface area contributed by atoms with Gasteiger partial charge >= 0.3 is 12.3 Å². The Hall–Kier alpha value is -3.76. The van der Waals surface area contributed by atoms with Crippen molar-refractivity contribution in [2.24, 2.45) is 5.92 Å². The summed E-state index contributed by atoms with van der Waals surface area (Å²) in [5.74, 6) is 0.635. The summed E-state index contributed by atoms with van der Waals surface area (Å²) in [6, 6.07) is 8.04. The van der Waals surface area contributed by atoms with Gasteiger partial charge in [-0.25, -0.2) is 19.7 Å². The van der Waals surface area contributed by atoms with Gasteiger partial charge in [-0.1, -0.05) is 32.0 Å². The third-order valence-corrected chi connectivity index (χ3v) is 5.57. The maximum Gasteiger partial charge on any atom is 0.417 e. The molecule has 1 N–H and O–H groups in total. The van der Waals surface area contributed by atoms with Crippen molar-refractivity contribution >= 4 is 18.0 Å². The number of nitrogens with zero attached hydrogens (tertiary/aromatic N) is 5. The van der Waals surface area contributed by atoms with Crippen LogP contribution in [-0.2, 0) is 10.9 Å². The minimum atomic E-state index is -4.37. The molecule has 1 saturated heterocycles. The van der Waals surface area contributed by atoms with Crippen molar-refractivity contribution in [2.45, 2.75) is 39.0 Å². The van der Waals surface area contributed by atoms with Crippen LogP contribution in [0.4, 0.5) is 29.9 Å². The summed E-state index contributed by atoms with van der Waals surface area (Å²) in [6.07, 6.45) is -1.95. The molecule has 3 heterocycles. The summed E-state index contributed by atoms with van der Waals surface area (Å²) in [7, 11) is 0. The van der Waals surface area contributed by atoms with Gasteiger partial charge in [0.25, 0.3) is 0 Å². The largest absolute Gasteiger partial charge is 0.447 e. The molecule has 11 heteroatoms. The zero-order valence-electron chi connectivity index (χ0n) is 18.7. The van der Waals surface area contributed by atoms with E-state index in [4.69, 9.17) is 4.74 Å². The second-order valence-electron chi connectivity index (χ2n) is 8.28. The molecule has 178 valence electrons. The Balaban J connectivity index is 1.47. The third kappa shape index (κ3) is 4.92. The molecule has 1 unspecified atom stereocenters. The first-order chi connectivity index (χ1) is 16.1. The molecule has 3 aromatic rings. The number of pyridine rings is 1. The van der Waals surface area contributed by atoms with Crippen LogP contribution in [0.5, 0.6) is 0 Å². The van der Waals surface area contributed by atoms with Crippen LogP contribution < -0.4 is 10.2 Å². The number of halogens is 3. The summed E-state index contributed by atoms with van der Waals surface area (Å²) in [6.45, 7) is 6.12. The molecule has 1 fully saturated rings. The molecule has 0 aliphatic carbocycles. The minimum absolute atomic E-state index is 0.158. The topological polar surface area (TPSA) is 93.1 Å². The number of anilines is 2. The van der Waals surface area contributed by atoms with Crippen LogP contribution in [0.2, 0.25) is 0 Å². The Morgan fingerprint density at radius 2 is 1.74 bits per heavy atom. The molecule has 1 amide bonds. The normalized spacial score (nSPS) is 17.1. The van der Waals surface area contributed by atoms with E-state index in [1.807, 2.05) is 20.8 Å². The van der Waals surface area contributed by atoms with Crippen LogP contribution in [0.1, 0.15) is 38.1 Å². The molecule has 0 radical (unpaired) electrons. The zero-order chi connectivity index (χ0) is 24.5. The number of benzene rings is 1. The lowest BCUT2D eigenvalue weighted by Crippen LogP contribution is -2.38. The first kappa shape index (κ1) is 23.4. The summed E-state index contributed by atoms with van der Waals surface area (Å²) in [5, 5.41) is 3.14. The highest BCUT2D eigenvalue weighted by Crippen LogP contribution is 2.31. The van der Waals surface area contributed by atoms with Crippen molar-refractivity contribution < 1.29 is 22.7 Å². The fourth-order valence-electron chi connectivity index (χ4n) is 3.58. The van der Waals surface area contributed by atoms with Gasteiger partial charge in [0.15, 0.2) is 0 Å². The SMILES string of the molecule is CC(Nc1ncnc(N2C(=O)OC[C@@H]2C(C)C)n1)c1ccc(-c2ccc(C(F)(F)F)cc2)cn1. The van der Waals surface area contributed by atoms with Crippen LogP contribution in [0.25, 0.3) is 11.1 Å². The van der Waals surface area contributed by atoms with Gasteiger partial charge in [-0.05, 0) is 36.6 Å². The van der Waals surface area contributed by atoms with Crippen molar-refractivity contribution in [3.63, 3.8) is 0 Å². The fourth-order valence-corrected chi connectivity index (χ4v) is 3.58. The van der Waals surface area contributed by atoms with Crippen molar-refractivity contribution in [1.82, 2.24) is 19.9 Å². The molecule has 2 atom stereocenters. The molecule has 1 aliphatic heterocycles. The number of hydrogen-bond donors (Lipinski definition) is 1. The Morgan fingerprint density at radius 1 is 1.03 bits per heavy atom. The zero-order valence-corrected chi connectivity index (χ0v) is 18.7. The van der Waals surface area contributed by atoms with Crippen LogP contribution >= 0.6 is 0 Å². The van der Waals surface area contributed by atoms with Crippen LogP contribution in [0, 0.1) is 5.92 Å². The van der Waals surface area contributed by atoms with E-state index in [0.29, 0.717) is 16.8 Å². The Labute approximate surface area is 194 Å². The Morgan fingerprint density at radius 3 is 2.35 bits per heavy atom. The van der Waals surface area contributed by atoms with Gasteiger partial charge in [-0.3, -0.25) is 4.98 Å². The summed E-state index contributed by atoms with van der Waals surface area (Å²) >= 11 is 0. The first-order valence-corrected chi connectivity index (χ1v) is 10.7. The molecule has 0 spiro atoms. The molecule has 1 aromatic carbocycles. The highest BCUT2D eigenvalue weighted by Gasteiger charge is 2.38. The number of alkyl halides is 3. The van der Waals surface area contributed by atoms with Gasteiger partial charge in [0.05, 0.1) is 23.3 Å².